The van der Waals surface area contributed by atoms with Crippen LogP contribution >= 0.6 is 0 Å². The molecular weight excluding hydrogens is 210 g/mol. The maximum absolute atomic E-state index is 4.71. The van der Waals surface area contributed by atoms with Gasteiger partial charge in [0, 0.05) is 18.1 Å². The molecule has 0 amide bonds. The molecule has 3 nitrogen and oxygen atoms in total. The third-order valence-corrected chi connectivity index (χ3v) is 2.86. The average Bonchev–Trinajstić information content (AvgIpc) is 3.01. The fourth-order valence-corrected chi connectivity index (χ4v) is 2.03. The molecule has 1 saturated carbocycles. The van der Waals surface area contributed by atoms with Gasteiger partial charge in [-0.05, 0) is 52.7 Å². The summed E-state index contributed by atoms with van der Waals surface area (Å²) in [5, 5.41) is 3.42. The van der Waals surface area contributed by atoms with Crippen LogP contribution in [0.15, 0.2) is 18.2 Å². The quantitative estimate of drug-likeness (QED) is 0.865. The van der Waals surface area contributed by atoms with Crippen LogP contribution < -0.4 is 10.2 Å². The van der Waals surface area contributed by atoms with Crippen LogP contribution in [-0.2, 0) is 0 Å². The molecule has 1 aromatic rings. The zero-order valence-corrected chi connectivity index (χ0v) is 11.3. The summed E-state index contributed by atoms with van der Waals surface area (Å²) in [6.07, 6.45) is 2.62. The van der Waals surface area contributed by atoms with E-state index in [4.69, 9.17) is 4.98 Å². The molecule has 3 heteroatoms. The first-order valence-corrected chi connectivity index (χ1v) is 6.51. The Kier molecular flexibility index (Phi) is 3.27. The van der Waals surface area contributed by atoms with Crippen molar-refractivity contribution in [2.75, 3.05) is 16.8 Å². The van der Waals surface area contributed by atoms with Crippen molar-refractivity contribution in [2.24, 2.45) is 0 Å². The number of aromatic nitrogens is 1. The van der Waals surface area contributed by atoms with Crippen molar-refractivity contribution in [3.8, 4) is 0 Å². The zero-order chi connectivity index (χ0) is 12.5. The lowest BCUT2D eigenvalue weighted by molar-refractivity contribution is 0.630. The van der Waals surface area contributed by atoms with E-state index in [-0.39, 0.29) is 5.54 Å². The maximum Gasteiger partial charge on any atom is 0.131 e. The highest BCUT2D eigenvalue weighted by atomic mass is 15.2. The van der Waals surface area contributed by atoms with E-state index in [0.717, 1.165) is 24.2 Å². The van der Waals surface area contributed by atoms with E-state index < -0.39 is 0 Å². The van der Waals surface area contributed by atoms with Gasteiger partial charge in [-0.1, -0.05) is 6.07 Å². The van der Waals surface area contributed by atoms with Gasteiger partial charge < -0.3 is 10.2 Å². The fraction of sp³-hybridized carbons (Fsp3) is 0.643. The molecule has 17 heavy (non-hydrogen) atoms. The van der Waals surface area contributed by atoms with E-state index in [1.165, 1.54) is 12.8 Å². The molecule has 1 heterocycles. The van der Waals surface area contributed by atoms with E-state index in [1.54, 1.807) is 0 Å². The summed E-state index contributed by atoms with van der Waals surface area (Å²) >= 11 is 0. The average molecular weight is 233 g/mol. The maximum atomic E-state index is 4.71. The van der Waals surface area contributed by atoms with E-state index in [1.807, 2.05) is 6.07 Å². The highest BCUT2D eigenvalue weighted by molar-refractivity contribution is 5.49. The van der Waals surface area contributed by atoms with Crippen LogP contribution in [0.5, 0.6) is 0 Å². The monoisotopic (exact) mass is 233 g/mol. The standard InChI is InChI=1S/C14H23N3/c1-5-17(11-9-10-11)13-8-6-7-12(15-13)16-14(2,3)4/h6-8,11H,5,9-10H2,1-4H3,(H,15,16). The molecule has 94 valence electrons. The smallest absolute Gasteiger partial charge is 0.131 e. The van der Waals surface area contributed by atoms with Crippen molar-refractivity contribution in [1.82, 2.24) is 4.98 Å². The normalized spacial score (nSPS) is 15.8. The first-order chi connectivity index (χ1) is 7.99. The Morgan fingerprint density at radius 3 is 2.59 bits per heavy atom. The van der Waals surface area contributed by atoms with Crippen molar-refractivity contribution in [2.45, 2.75) is 52.1 Å². The van der Waals surface area contributed by atoms with Crippen molar-refractivity contribution in [3.63, 3.8) is 0 Å². The van der Waals surface area contributed by atoms with Crippen LogP contribution in [0.2, 0.25) is 0 Å². The van der Waals surface area contributed by atoms with E-state index in [9.17, 15) is 0 Å². The van der Waals surface area contributed by atoms with Crippen LogP contribution in [0.4, 0.5) is 11.6 Å². The number of nitrogens with zero attached hydrogens (tertiary/aromatic N) is 2. The summed E-state index contributed by atoms with van der Waals surface area (Å²) < 4.78 is 0. The molecule has 1 N–H and O–H groups in total. The summed E-state index contributed by atoms with van der Waals surface area (Å²) in [7, 11) is 0. The molecule has 1 aromatic heterocycles. The number of hydrogen-bond donors (Lipinski definition) is 1. The Labute approximate surface area is 104 Å². The van der Waals surface area contributed by atoms with Gasteiger partial charge >= 0.3 is 0 Å². The highest BCUT2D eigenvalue weighted by Gasteiger charge is 2.28. The molecule has 0 bridgehead atoms. The molecule has 0 spiro atoms. The van der Waals surface area contributed by atoms with E-state index in [2.05, 4.69) is 50.0 Å². The molecular formula is C14H23N3. The first-order valence-electron chi connectivity index (χ1n) is 6.51. The fourth-order valence-electron chi connectivity index (χ4n) is 2.03. The molecule has 2 rings (SSSR count). The molecule has 1 fully saturated rings. The van der Waals surface area contributed by atoms with Gasteiger partial charge in [-0.15, -0.1) is 0 Å². The molecule has 0 saturated heterocycles. The molecule has 0 radical (unpaired) electrons. The second kappa shape index (κ2) is 4.55. The van der Waals surface area contributed by atoms with Gasteiger partial charge in [0.05, 0.1) is 0 Å². The van der Waals surface area contributed by atoms with Crippen LogP contribution in [0.25, 0.3) is 0 Å². The molecule has 1 aliphatic carbocycles. The predicted molar refractivity (Wildman–Crippen MR) is 73.7 cm³/mol. The minimum Gasteiger partial charge on any atom is -0.365 e. The zero-order valence-electron chi connectivity index (χ0n) is 11.3. The largest absolute Gasteiger partial charge is 0.365 e. The van der Waals surface area contributed by atoms with Crippen molar-refractivity contribution < 1.29 is 0 Å². The van der Waals surface area contributed by atoms with Crippen molar-refractivity contribution >= 4 is 11.6 Å². The minimum atomic E-state index is 0.0578. The summed E-state index contributed by atoms with van der Waals surface area (Å²) in [4.78, 5) is 7.10. The Morgan fingerprint density at radius 1 is 1.35 bits per heavy atom. The number of anilines is 2. The molecule has 0 aliphatic heterocycles. The number of pyridine rings is 1. The summed E-state index contributed by atoms with van der Waals surface area (Å²) in [6, 6.07) is 6.95. The van der Waals surface area contributed by atoms with Gasteiger partial charge in [0.15, 0.2) is 0 Å². The number of hydrogen-bond acceptors (Lipinski definition) is 3. The lowest BCUT2D eigenvalue weighted by Crippen LogP contribution is -2.29. The van der Waals surface area contributed by atoms with Gasteiger partial charge in [0.2, 0.25) is 0 Å². The third kappa shape index (κ3) is 3.35. The summed E-state index contributed by atoms with van der Waals surface area (Å²) in [5.41, 5.74) is 0.0578. The second-order valence-corrected chi connectivity index (χ2v) is 5.77. The number of nitrogens with one attached hydrogen (secondary N) is 1. The van der Waals surface area contributed by atoms with E-state index in [0.29, 0.717) is 0 Å². The molecule has 0 atom stereocenters. The van der Waals surface area contributed by atoms with Crippen molar-refractivity contribution in [1.29, 1.82) is 0 Å². The highest BCUT2D eigenvalue weighted by Crippen LogP contribution is 2.30. The Balaban J connectivity index is 2.15. The summed E-state index contributed by atoms with van der Waals surface area (Å²) in [5.74, 6) is 2.07. The lowest BCUT2D eigenvalue weighted by Gasteiger charge is -2.25. The first kappa shape index (κ1) is 12.2. The second-order valence-electron chi connectivity index (χ2n) is 5.77. The van der Waals surface area contributed by atoms with Crippen LogP contribution in [0, 0.1) is 0 Å². The van der Waals surface area contributed by atoms with Gasteiger partial charge in [0.1, 0.15) is 11.6 Å². The lowest BCUT2D eigenvalue weighted by atomic mass is 10.1. The number of rotatable bonds is 4. The molecule has 0 unspecified atom stereocenters. The Morgan fingerprint density at radius 2 is 2.06 bits per heavy atom. The van der Waals surface area contributed by atoms with Crippen LogP contribution in [-0.4, -0.2) is 23.1 Å². The van der Waals surface area contributed by atoms with Gasteiger partial charge in [-0.25, -0.2) is 4.98 Å². The molecule has 1 aliphatic rings. The van der Waals surface area contributed by atoms with Gasteiger partial charge in [0.25, 0.3) is 0 Å². The van der Waals surface area contributed by atoms with Crippen LogP contribution in [0.3, 0.4) is 0 Å². The Bertz CT molecular complexity index is 377. The SMILES string of the molecule is CCN(c1cccc(NC(C)(C)C)n1)C1CC1. The van der Waals surface area contributed by atoms with Gasteiger partial charge in [-0.2, -0.15) is 0 Å². The van der Waals surface area contributed by atoms with E-state index >= 15 is 0 Å². The summed E-state index contributed by atoms with van der Waals surface area (Å²) in [6.45, 7) is 9.69. The third-order valence-electron chi connectivity index (χ3n) is 2.86. The van der Waals surface area contributed by atoms with Crippen LogP contribution in [0.1, 0.15) is 40.5 Å². The van der Waals surface area contributed by atoms with Crippen molar-refractivity contribution in [3.05, 3.63) is 18.2 Å². The predicted octanol–water partition coefficient (Wildman–Crippen LogP) is 3.28. The van der Waals surface area contributed by atoms with Gasteiger partial charge in [-0.3, -0.25) is 0 Å². The Hall–Kier alpha value is -1.25. The molecule has 0 aromatic carbocycles. The topological polar surface area (TPSA) is 28.2 Å². The minimum absolute atomic E-state index is 0.0578.